The molecule has 2 rings (SSSR count). The van der Waals surface area contributed by atoms with Crippen LogP contribution in [0.25, 0.3) is 0 Å². The van der Waals surface area contributed by atoms with Crippen molar-refractivity contribution in [3.63, 3.8) is 0 Å². The number of amides is 1. The van der Waals surface area contributed by atoms with Gasteiger partial charge in [-0.05, 0) is 42.5 Å². The van der Waals surface area contributed by atoms with Gasteiger partial charge in [0.2, 0.25) is 10.0 Å². The molecule has 0 aliphatic heterocycles. The number of benzene rings is 2. The van der Waals surface area contributed by atoms with Gasteiger partial charge in [-0.3, -0.25) is 4.79 Å². The van der Waals surface area contributed by atoms with Crippen molar-refractivity contribution in [2.75, 3.05) is 21.2 Å². The Morgan fingerprint density at radius 2 is 1.76 bits per heavy atom. The Hall–Kier alpha value is -2.38. The maximum atomic E-state index is 12.8. The van der Waals surface area contributed by atoms with Crippen molar-refractivity contribution >= 4 is 15.9 Å². The van der Waals surface area contributed by atoms with Crippen LogP contribution in [0.3, 0.4) is 0 Å². The maximum absolute atomic E-state index is 12.8. The molecular formula is C22H30N2O4S. The van der Waals surface area contributed by atoms with E-state index in [-0.39, 0.29) is 33.6 Å². The third-order valence-electron chi connectivity index (χ3n) is 4.93. The molecule has 0 radical (unpaired) electrons. The average Bonchev–Trinajstić information content (AvgIpc) is 2.67. The van der Waals surface area contributed by atoms with Gasteiger partial charge in [-0.1, -0.05) is 44.2 Å². The lowest BCUT2D eigenvalue weighted by molar-refractivity contribution is 0.0934. The predicted molar refractivity (Wildman–Crippen MR) is 115 cm³/mol. The van der Waals surface area contributed by atoms with Gasteiger partial charge >= 0.3 is 0 Å². The minimum absolute atomic E-state index is 0.0325. The first-order chi connectivity index (χ1) is 13.5. The van der Waals surface area contributed by atoms with Crippen molar-refractivity contribution in [3.05, 3.63) is 59.7 Å². The molecule has 0 spiro atoms. The lowest BCUT2D eigenvalue weighted by Gasteiger charge is -2.29. The molecular weight excluding hydrogens is 388 g/mol. The summed E-state index contributed by atoms with van der Waals surface area (Å²) in [4.78, 5) is 12.7. The van der Waals surface area contributed by atoms with E-state index in [2.05, 4.69) is 31.3 Å². The molecule has 0 aromatic heterocycles. The molecule has 0 aliphatic carbocycles. The molecule has 1 unspecified atom stereocenters. The number of rotatable bonds is 8. The summed E-state index contributed by atoms with van der Waals surface area (Å²) in [6.07, 6.45) is 0.738. The second-order valence-corrected chi connectivity index (χ2v) is 10.1. The SMILES string of the molecule is COc1ccc(C(=O)NC(C)CC(C)(C)c2ccccc2)cc1S(=O)(=O)N(C)C. The zero-order chi connectivity index (χ0) is 21.8. The number of carbonyl (C=O) groups excluding carboxylic acids is 1. The van der Waals surface area contributed by atoms with Gasteiger partial charge in [0.1, 0.15) is 10.6 Å². The fourth-order valence-corrected chi connectivity index (χ4v) is 4.42. The minimum atomic E-state index is -3.74. The molecule has 0 saturated heterocycles. The fourth-order valence-electron chi connectivity index (χ4n) is 3.35. The normalized spacial score (nSPS) is 13.2. The Labute approximate surface area is 173 Å². The zero-order valence-corrected chi connectivity index (χ0v) is 18.7. The van der Waals surface area contributed by atoms with Crippen LogP contribution in [0.5, 0.6) is 5.75 Å². The van der Waals surface area contributed by atoms with Crippen molar-refractivity contribution in [3.8, 4) is 5.75 Å². The number of hydrogen-bond acceptors (Lipinski definition) is 4. The van der Waals surface area contributed by atoms with E-state index in [9.17, 15) is 13.2 Å². The van der Waals surface area contributed by atoms with Crippen LogP contribution in [0.1, 0.15) is 43.1 Å². The highest BCUT2D eigenvalue weighted by Crippen LogP contribution is 2.29. The lowest BCUT2D eigenvalue weighted by Crippen LogP contribution is -2.37. The molecule has 2 aromatic rings. The molecule has 1 atom stereocenters. The number of methoxy groups -OCH3 is 1. The number of ether oxygens (including phenoxy) is 1. The number of hydrogen-bond donors (Lipinski definition) is 1. The third-order valence-corrected chi connectivity index (χ3v) is 6.77. The van der Waals surface area contributed by atoms with E-state index in [0.717, 1.165) is 10.7 Å². The Kier molecular flexibility index (Phi) is 7.08. The third kappa shape index (κ3) is 5.36. The van der Waals surface area contributed by atoms with E-state index in [1.165, 1.54) is 38.9 Å². The summed E-state index contributed by atoms with van der Waals surface area (Å²) >= 11 is 0. The number of sulfonamides is 1. The zero-order valence-electron chi connectivity index (χ0n) is 17.9. The molecule has 0 heterocycles. The smallest absolute Gasteiger partial charge is 0.251 e. The van der Waals surface area contributed by atoms with E-state index >= 15 is 0 Å². The topological polar surface area (TPSA) is 75.7 Å². The lowest BCUT2D eigenvalue weighted by atomic mass is 9.79. The van der Waals surface area contributed by atoms with Crippen molar-refractivity contribution in [1.82, 2.24) is 9.62 Å². The van der Waals surface area contributed by atoms with Gasteiger partial charge in [0, 0.05) is 25.7 Å². The minimum Gasteiger partial charge on any atom is -0.495 e. The van der Waals surface area contributed by atoms with E-state index < -0.39 is 10.0 Å². The van der Waals surface area contributed by atoms with Crippen molar-refractivity contribution in [1.29, 1.82) is 0 Å². The van der Waals surface area contributed by atoms with Gasteiger partial charge in [-0.15, -0.1) is 0 Å². The Morgan fingerprint density at radius 1 is 1.14 bits per heavy atom. The van der Waals surface area contributed by atoms with Crippen LogP contribution in [0, 0.1) is 0 Å². The van der Waals surface area contributed by atoms with Gasteiger partial charge in [-0.25, -0.2) is 12.7 Å². The molecule has 1 N–H and O–H groups in total. The van der Waals surface area contributed by atoms with Crippen molar-refractivity contribution in [2.45, 2.75) is 43.5 Å². The van der Waals surface area contributed by atoms with Crippen LogP contribution in [0.15, 0.2) is 53.4 Å². The first kappa shape index (κ1) is 22.9. The molecule has 2 aromatic carbocycles. The first-order valence-electron chi connectivity index (χ1n) is 9.46. The fraction of sp³-hybridized carbons (Fsp3) is 0.409. The highest BCUT2D eigenvalue weighted by molar-refractivity contribution is 7.89. The Morgan fingerprint density at radius 3 is 2.31 bits per heavy atom. The van der Waals surface area contributed by atoms with Crippen LogP contribution in [-0.4, -0.2) is 45.9 Å². The molecule has 0 aliphatic rings. The summed E-state index contributed by atoms with van der Waals surface area (Å²) in [5.41, 5.74) is 1.35. The summed E-state index contributed by atoms with van der Waals surface area (Å²) in [5.74, 6) is -0.118. The van der Waals surface area contributed by atoms with Crippen LogP contribution in [0.2, 0.25) is 0 Å². The number of nitrogens with one attached hydrogen (secondary N) is 1. The quantitative estimate of drug-likeness (QED) is 0.713. The van der Waals surface area contributed by atoms with Gasteiger partial charge in [0.25, 0.3) is 5.91 Å². The van der Waals surface area contributed by atoms with Gasteiger partial charge < -0.3 is 10.1 Å². The molecule has 0 bridgehead atoms. The van der Waals surface area contributed by atoms with Crippen LogP contribution in [0.4, 0.5) is 0 Å². The molecule has 0 saturated carbocycles. The van der Waals surface area contributed by atoms with Gasteiger partial charge in [-0.2, -0.15) is 0 Å². The predicted octanol–water partition coefficient (Wildman–Crippen LogP) is 3.43. The maximum Gasteiger partial charge on any atom is 0.251 e. The second-order valence-electron chi connectivity index (χ2n) is 7.98. The largest absolute Gasteiger partial charge is 0.495 e. The summed E-state index contributed by atoms with van der Waals surface area (Å²) in [7, 11) is 0.539. The molecule has 29 heavy (non-hydrogen) atoms. The first-order valence-corrected chi connectivity index (χ1v) is 10.9. The van der Waals surface area contributed by atoms with E-state index in [1.807, 2.05) is 25.1 Å². The van der Waals surface area contributed by atoms with Crippen molar-refractivity contribution < 1.29 is 17.9 Å². The summed E-state index contributed by atoms with van der Waals surface area (Å²) in [6.45, 7) is 6.23. The average molecular weight is 419 g/mol. The molecule has 0 fully saturated rings. The monoisotopic (exact) mass is 418 g/mol. The molecule has 1 amide bonds. The highest BCUT2D eigenvalue weighted by Gasteiger charge is 2.26. The van der Waals surface area contributed by atoms with Crippen LogP contribution < -0.4 is 10.1 Å². The van der Waals surface area contributed by atoms with Crippen LogP contribution in [-0.2, 0) is 15.4 Å². The molecule has 7 heteroatoms. The van der Waals surface area contributed by atoms with Crippen LogP contribution >= 0.6 is 0 Å². The Balaban J connectivity index is 2.20. The summed E-state index contributed by atoms with van der Waals surface area (Å²) in [6, 6.07) is 14.5. The van der Waals surface area contributed by atoms with Crippen molar-refractivity contribution in [2.24, 2.45) is 0 Å². The number of nitrogens with zero attached hydrogens (tertiary/aromatic N) is 1. The molecule has 6 nitrogen and oxygen atoms in total. The van der Waals surface area contributed by atoms with E-state index in [4.69, 9.17) is 4.74 Å². The second kappa shape index (κ2) is 8.97. The standard InChI is InChI=1S/C22H30N2O4S/c1-16(15-22(2,3)18-10-8-7-9-11-18)23-21(25)17-12-13-19(28-6)20(14-17)29(26,27)24(4)5/h7-14,16H,15H2,1-6H3,(H,23,25). The van der Waals surface area contributed by atoms with E-state index in [1.54, 1.807) is 6.07 Å². The van der Waals surface area contributed by atoms with E-state index in [0.29, 0.717) is 0 Å². The molecule has 158 valence electrons. The Bertz CT molecular complexity index is 954. The van der Waals surface area contributed by atoms with Gasteiger partial charge in [0.05, 0.1) is 7.11 Å². The number of carbonyl (C=O) groups is 1. The van der Waals surface area contributed by atoms with Gasteiger partial charge in [0.15, 0.2) is 0 Å². The summed E-state index contributed by atoms with van der Waals surface area (Å²) < 4.78 is 31.4. The highest BCUT2D eigenvalue weighted by atomic mass is 32.2. The summed E-state index contributed by atoms with van der Waals surface area (Å²) in [5, 5.41) is 2.98.